The lowest BCUT2D eigenvalue weighted by atomic mass is 9.97. The SMILES string of the molecule is CCCc1cc(C=CC(=O)OCC)cc(CCC)c1N. The summed E-state index contributed by atoms with van der Waals surface area (Å²) >= 11 is 0. The smallest absolute Gasteiger partial charge is 0.330 e. The standard InChI is InChI=1S/C17H25NO2/c1-4-7-14-11-13(9-10-16(19)20-6-3)12-15(8-5-2)17(14)18/h9-12H,4-8,18H2,1-3H3. The zero-order valence-corrected chi connectivity index (χ0v) is 12.7. The molecule has 0 aliphatic heterocycles. The van der Waals surface area contributed by atoms with Crippen LogP contribution in [0.3, 0.4) is 0 Å². The second kappa shape index (κ2) is 8.41. The van der Waals surface area contributed by atoms with Crippen LogP contribution >= 0.6 is 0 Å². The lowest BCUT2D eigenvalue weighted by Gasteiger charge is -2.12. The largest absolute Gasteiger partial charge is 0.463 e. The van der Waals surface area contributed by atoms with Gasteiger partial charge in [-0.3, -0.25) is 0 Å². The summed E-state index contributed by atoms with van der Waals surface area (Å²) in [5.41, 5.74) is 10.5. The average Bonchev–Trinajstić information content (AvgIpc) is 2.42. The van der Waals surface area contributed by atoms with E-state index in [1.165, 1.54) is 17.2 Å². The molecule has 0 heterocycles. The number of anilines is 1. The lowest BCUT2D eigenvalue weighted by Crippen LogP contribution is -2.02. The van der Waals surface area contributed by atoms with E-state index in [0.717, 1.165) is 36.9 Å². The Hall–Kier alpha value is -1.77. The van der Waals surface area contributed by atoms with Gasteiger partial charge in [-0.15, -0.1) is 0 Å². The van der Waals surface area contributed by atoms with Crippen molar-refractivity contribution >= 4 is 17.7 Å². The van der Waals surface area contributed by atoms with Crippen molar-refractivity contribution in [3.05, 3.63) is 34.9 Å². The number of aryl methyl sites for hydroxylation is 2. The summed E-state index contributed by atoms with van der Waals surface area (Å²) in [5.74, 6) is -0.307. The number of rotatable bonds is 7. The van der Waals surface area contributed by atoms with E-state index in [0.29, 0.717) is 6.61 Å². The van der Waals surface area contributed by atoms with E-state index in [-0.39, 0.29) is 5.97 Å². The van der Waals surface area contributed by atoms with Gasteiger partial charge < -0.3 is 10.5 Å². The molecule has 0 aromatic heterocycles. The molecule has 0 amide bonds. The first-order chi connectivity index (χ1) is 9.62. The Labute approximate surface area is 121 Å². The molecule has 0 saturated heterocycles. The highest BCUT2D eigenvalue weighted by Gasteiger charge is 2.06. The predicted octanol–water partition coefficient (Wildman–Crippen LogP) is 3.75. The van der Waals surface area contributed by atoms with Crippen molar-refractivity contribution in [2.45, 2.75) is 46.5 Å². The highest BCUT2D eigenvalue weighted by Crippen LogP contribution is 2.24. The number of carbonyl (C=O) groups excluding carboxylic acids is 1. The molecular formula is C17H25NO2. The summed E-state index contributed by atoms with van der Waals surface area (Å²) < 4.78 is 4.89. The Morgan fingerprint density at radius 2 is 1.70 bits per heavy atom. The van der Waals surface area contributed by atoms with Crippen LogP contribution in [-0.2, 0) is 22.4 Å². The van der Waals surface area contributed by atoms with Crippen molar-refractivity contribution in [2.75, 3.05) is 12.3 Å². The van der Waals surface area contributed by atoms with Gasteiger partial charge >= 0.3 is 5.97 Å². The van der Waals surface area contributed by atoms with E-state index >= 15 is 0 Å². The second-order valence-electron chi connectivity index (χ2n) is 4.84. The Morgan fingerprint density at radius 1 is 1.15 bits per heavy atom. The fourth-order valence-electron chi connectivity index (χ4n) is 2.21. The molecule has 3 nitrogen and oxygen atoms in total. The molecular weight excluding hydrogens is 250 g/mol. The number of ether oxygens (including phenoxy) is 1. The zero-order chi connectivity index (χ0) is 15.0. The van der Waals surface area contributed by atoms with Crippen molar-refractivity contribution < 1.29 is 9.53 Å². The summed E-state index contributed by atoms with van der Waals surface area (Å²) in [5, 5.41) is 0. The first-order valence-corrected chi connectivity index (χ1v) is 7.38. The number of benzene rings is 1. The van der Waals surface area contributed by atoms with Gasteiger partial charge in [0.2, 0.25) is 0 Å². The molecule has 0 bridgehead atoms. The van der Waals surface area contributed by atoms with Crippen LogP contribution in [0.4, 0.5) is 5.69 Å². The van der Waals surface area contributed by atoms with Gasteiger partial charge in [-0.25, -0.2) is 4.79 Å². The summed E-state index contributed by atoms with van der Waals surface area (Å²) in [6.07, 6.45) is 7.31. The van der Waals surface area contributed by atoms with Crippen molar-refractivity contribution in [3.8, 4) is 0 Å². The van der Waals surface area contributed by atoms with Gasteiger partial charge in [0.15, 0.2) is 0 Å². The molecule has 0 radical (unpaired) electrons. The Morgan fingerprint density at radius 3 is 2.15 bits per heavy atom. The maximum absolute atomic E-state index is 11.4. The highest BCUT2D eigenvalue weighted by molar-refractivity contribution is 5.87. The molecule has 3 heteroatoms. The minimum absolute atomic E-state index is 0.307. The number of nitrogen functional groups attached to an aromatic ring is 1. The van der Waals surface area contributed by atoms with E-state index in [1.54, 1.807) is 13.0 Å². The fraction of sp³-hybridized carbons (Fsp3) is 0.471. The lowest BCUT2D eigenvalue weighted by molar-refractivity contribution is -0.137. The highest BCUT2D eigenvalue weighted by atomic mass is 16.5. The van der Waals surface area contributed by atoms with Crippen molar-refractivity contribution in [1.82, 2.24) is 0 Å². The summed E-state index contributed by atoms with van der Waals surface area (Å²) in [6.45, 7) is 6.47. The number of hydrogen-bond acceptors (Lipinski definition) is 3. The van der Waals surface area contributed by atoms with Crippen LogP contribution in [0.25, 0.3) is 6.08 Å². The molecule has 1 aromatic rings. The maximum atomic E-state index is 11.4. The Kier molecular flexibility index (Phi) is 6.85. The first kappa shape index (κ1) is 16.3. The van der Waals surface area contributed by atoms with Crippen LogP contribution in [0.15, 0.2) is 18.2 Å². The van der Waals surface area contributed by atoms with E-state index in [2.05, 4.69) is 26.0 Å². The van der Waals surface area contributed by atoms with Crippen molar-refractivity contribution in [3.63, 3.8) is 0 Å². The number of esters is 1. The predicted molar refractivity (Wildman–Crippen MR) is 84.5 cm³/mol. The van der Waals surface area contributed by atoms with Gasteiger partial charge in [-0.1, -0.05) is 26.7 Å². The molecule has 0 unspecified atom stereocenters. The van der Waals surface area contributed by atoms with Crippen molar-refractivity contribution in [1.29, 1.82) is 0 Å². The quantitative estimate of drug-likeness (QED) is 0.468. The minimum atomic E-state index is -0.307. The topological polar surface area (TPSA) is 52.3 Å². The normalized spacial score (nSPS) is 10.9. The van der Waals surface area contributed by atoms with E-state index in [4.69, 9.17) is 10.5 Å². The van der Waals surface area contributed by atoms with Crippen LogP contribution in [-0.4, -0.2) is 12.6 Å². The summed E-state index contributed by atoms with van der Waals surface area (Å²) in [4.78, 5) is 11.4. The molecule has 0 aliphatic carbocycles. The Balaban J connectivity index is 3.03. The van der Waals surface area contributed by atoms with Gasteiger partial charge in [0.05, 0.1) is 6.61 Å². The molecule has 20 heavy (non-hydrogen) atoms. The van der Waals surface area contributed by atoms with Crippen molar-refractivity contribution in [2.24, 2.45) is 0 Å². The van der Waals surface area contributed by atoms with Crippen LogP contribution in [0.2, 0.25) is 0 Å². The van der Waals surface area contributed by atoms with Crippen LogP contribution in [0.5, 0.6) is 0 Å². The number of nitrogens with two attached hydrogens (primary N) is 1. The second-order valence-corrected chi connectivity index (χ2v) is 4.84. The number of carbonyl (C=O) groups is 1. The van der Waals surface area contributed by atoms with E-state index in [1.807, 2.05) is 0 Å². The molecule has 0 atom stereocenters. The minimum Gasteiger partial charge on any atom is -0.463 e. The van der Waals surface area contributed by atoms with Gasteiger partial charge in [0, 0.05) is 11.8 Å². The fourth-order valence-corrected chi connectivity index (χ4v) is 2.21. The summed E-state index contributed by atoms with van der Waals surface area (Å²) in [6, 6.07) is 4.13. The molecule has 0 fully saturated rings. The first-order valence-electron chi connectivity index (χ1n) is 7.38. The Bertz CT molecular complexity index is 451. The van der Waals surface area contributed by atoms with Gasteiger partial charge in [-0.05, 0) is 54.7 Å². The monoisotopic (exact) mass is 275 g/mol. The third-order valence-corrected chi connectivity index (χ3v) is 3.11. The average molecular weight is 275 g/mol. The van der Waals surface area contributed by atoms with Gasteiger partial charge in [-0.2, -0.15) is 0 Å². The summed E-state index contributed by atoms with van der Waals surface area (Å²) in [7, 11) is 0. The molecule has 2 N–H and O–H groups in total. The van der Waals surface area contributed by atoms with Gasteiger partial charge in [0.1, 0.15) is 0 Å². The molecule has 0 aliphatic rings. The molecule has 0 spiro atoms. The third kappa shape index (κ3) is 4.72. The molecule has 1 aromatic carbocycles. The van der Waals surface area contributed by atoms with E-state index in [9.17, 15) is 4.79 Å². The van der Waals surface area contributed by atoms with Gasteiger partial charge in [0.25, 0.3) is 0 Å². The van der Waals surface area contributed by atoms with Crippen LogP contribution in [0.1, 0.15) is 50.3 Å². The zero-order valence-electron chi connectivity index (χ0n) is 12.7. The van der Waals surface area contributed by atoms with Crippen LogP contribution in [0, 0.1) is 0 Å². The molecule has 1 rings (SSSR count). The molecule has 110 valence electrons. The third-order valence-electron chi connectivity index (χ3n) is 3.11. The van der Waals surface area contributed by atoms with Crippen LogP contribution < -0.4 is 5.73 Å². The maximum Gasteiger partial charge on any atom is 0.330 e. The molecule has 0 saturated carbocycles. The van der Waals surface area contributed by atoms with E-state index < -0.39 is 0 Å². The number of hydrogen-bond donors (Lipinski definition) is 1.